The molecule has 1 atom stereocenters. The Hall–Kier alpha value is -0.420. The number of halogens is 1. The van der Waals surface area contributed by atoms with E-state index >= 15 is 0 Å². The normalized spacial score (nSPS) is 23.5. The van der Waals surface area contributed by atoms with E-state index in [-0.39, 0.29) is 0 Å². The molecule has 22 heavy (non-hydrogen) atoms. The molecule has 0 aromatic heterocycles. The van der Waals surface area contributed by atoms with Crippen molar-refractivity contribution in [1.82, 2.24) is 15.1 Å². The fourth-order valence-corrected chi connectivity index (χ4v) is 3.99. The Labute approximate surface area is 143 Å². The molecule has 3 nitrogen and oxygen atoms in total. The molecule has 0 bridgehead atoms. The van der Waals surface area contributed by atoms with Gasteiger partial charge in [-0.05, 0) is 69.1 Å². The van der Waals surface area contributed by atoms with Crippen molar-refractivity contribution in [2.45, 2.75) is 31.7 Å². The molecule has 0 saturated carbocycles. The lowest BCUT2D eigenvalue weighted by Crippen LogP contribution is -2.45. The van der Waals surface area contributed by atoms with Crippen LogP contribution >= 0.6 is 15.9 Å². The van der Waals surface area contributed by atoms with Crippen molar-refractivity contribution in [3.05, 3.63) is 33.8 Å². The molecule has 0 unspecified atom stereocenters. The Bertz CT molecular complexity index is 483. The maximum Gasteiger partial charge on any atom is 0.0178 e. The van der Waals surface area contributed by atoms with Crippen LogP contribution in [0.5, 0.6) is 0 Å². The summed E-state index contributed by atoms with van der Waals surface area (Å²) in [6.45, 7) is 7.33. The molecular weight excluding hydrogens is 338 g/mol. The lowest BCUT2D eigenvalue weighted by Gasteiger charge is -2.32. The molecule has 1 heterocycles. The minimum atomic E-state index is 0.668. The van der Waals surface area contributed by atoms with Gasteiger partial charge in [0.25, 0.3) is 0 Å². The van der Waals surface area contributed by atoms with Gasteiger partial charge in [0.05, 0.1) is 0 Å². The zero-order chi connectivity index (χ0) is 15.4. The standard InChI is InChI=1S/C18H28BrN3/c1-21-9-11-22(12-10-21)8-2-7-20-18-6-4-15-13-17(19)5-3-16(15)14-18/h3,5,13,18,20H,2,4,6-12,14H2,1H3/t18-/m1/s1. The lowest BCUT2D eigenvalue weighted by atomic mass is 9.88. The van der Waals surface area contributed by atoms with Crippen LogP contribution in [0.25, 0.3) is 0 Å². The van der Waals surface area contributed by atoms with E-state index in [1.54, 1.807) is 0 Å². The van der Waals surface area contributed by atoms with Crippen molar-refractivity contribution < 1.29 is 0 Å². The van der Waals surface area contributed by atoms with Gasteiger partial charge in [0.2, 0.25) is 0 Å². The summed E-state index contributed by atoms with van der Waals surface area (Å²) in [4.78, 5) is 5.03. The molecule has 1 saturated heterocycles. The smallest absolute Gasteiger partial charge is 0.0178 e. The molecule has 1 aliphatic carbocycles. The topological polar surface area (TPSA) is 18.5 Å². The Balaban J connectivity index is 1.35. The van der Waals surface area contributed by atoms with Crippen LogP contribution in [0.4, 0.5) is 0 Å². The molecule has 3 rings (SSSR count). The van der Waals surface area contributed by atoms with Gasteiger partial charge < -0.3 is 15.1 Å². The number of hydrogen-bond acceptors (Lipinski definition) is 3. The van der Waals surface area contributed by atoms with E-state index in [1.807, 2.05) is 0 Å². The number of nitrogens with zero attached hydrogens (tertiary/aromatic N) is 2. The number of hydrogen-bond donors (Lipinski definition) is 1. The van der Waals surface area contributed by atoms with E-state index in [1.165, 1.54) is 74.0 Å². The summed E-state index contributed by atoms with van der Waals surface area (Å²) >= 11 is 3.57. The molecule has 0 spiro atoms. The van der Waals surface area contributed by atoms with E-state index in [2.05, 4.69) is 56.3 Å². The van der Waals surface area contributed by atoms with Gasteiger partial charge in [-0.1, -0.05) is 22.0 Å². The highest BCUT2D eigenvalue weighted by molar-refractivity contribution is 9.10. The highest BCUT2D eigenvalue weighted by Gasteiger charge is 2.18. The quantitative estimate of drug-likeness (QED) is 0.808. The summed E-state index contributed by atoms with van der Waals surface area (Å²) < 4.78 is 1.21. The van der Waals surface area contributed by atoms with Gasteiger partial charge in [-0.2, -0.15) is 0 Å². The number of rotatable bonds is 5. The molecule has 0 radical (unpaired) electrons. The van der Waals surface area contributed by atoms with Crippen molar-refractivity contribution >= 4 is 15.9 Å². The first-order valence-corrected chi connectivity index (χ1v) is 9.41. The zero-order valence-corrected chi connectivity index (χ0v) is 15.2. The number of aryl methyl sites for hydroxylation is 1. The van der Waals surface area contributed by atoms with Gasteiger partial charge in [-0.15, -0.1) is 0 Å². The predicted molar refractivity (Wildman–Crippen MR) is 96.5 cm³/mol. The fourth-order valence-electron chi connectivity index (χ4n) is 3.58. The van der Waals surface area contributed by atoms with Crippen LogP contribution in [0.2, 0.25) is 0 Å². The Morgan fingerprint density at radius 2 is 2.00 bits per heavy atom. The van der Waals surface area contributed by atoms with Crippen molar-refractivity contribution in [3.8, 4) is 0 Å². The molecule has 1 fully saturated rings. The Morgan fingerprint density at radius 1 is 1.18 bits per heavy atom. The third kappa shape index (κ3) is 4.54. The third-order valence-corrected chi connectivity index (χ3v) is 5.57. The van der Waals surface area contributed by atoms with Crippen LogP contribution < -0.4 is 5.32 Å². The van der Waals surface area contributed by atoms with Gasteiger partial charge >= 0.3 is 0 Å². The largest absolute Gasteiger partial charge is 0.314 e. The summed E-state index contributed by atoms with van der Waals surface area (Å²) in [6, 6.07) is 7.42. The first-order valence-electron chi connectivity index (χ1n) is 8.62. The number of benzene rings is 1. The number of fused-ring (bicyclic) bond motifs is 1. The summed E-state index contributed by atoms with van der Waals surface area (Å²) in [6.07, 6.45) is 4.95. The van der Waals surface area contributed by atoms with Crippen LogP contribution in [-0.2, 0) is 12.8 Å². The number of likely N-dealkylation sites (N-methyl/N-ethyl adjacent to an activating group) is 1. The van der Waals surface area contributed by atoms with E-state index in [9.17, 15) is 0 Å². The van der Waals surface area contributed by atoms with E-state index in [0.29, 0.717) is 6.04 Å². The predicted octanol–water partition coefficient (Wildman–Crippen LogP) is 2.53. The van der Waals surface area contributed by atoms with Gasteiger partial charge in [0.15, 0.2) is 0 Å². The molecule has 4 heteroatoms. The van der Waals surface area contributed by atoms with Crippen LogP contribution in [0.1, 0.15) is 24.0 Å². The maximum absolute atomic E-state index is 3.78. The molecule has 1 aliphatic heterocycles. The fraction of sp³-hybridized carbons (Fsp3) is 0.667. The van der Waals surface area contributed by atoms with Gasteiger partial charge in [-0.25, -0.2) is 0 Å². The van der Waals surface area contributed by atoms with E-state index in [4.69, 9.17) is 0 Å². The third-order valence-electron chi connectivity index (χ3n) is 5.08. The second-order valence-electron chi connectivity index (χ2n) is 6.81. The van der Waals surface area contributed by atoms with Crippen LogP contribution in [0.15, 0.2) is 22.7 Å². The summed E-state index contributed by atoms with van der Waals surface area (Å²) in [5.74, 6) is 0. The van der Waals surface area contributed by atoms with E-state index < -0.39 is 0 Å². The summed E-state index contributed by atoms with van der Waals surface area (Å²) in [7, 11) is 2.22. The highest BCUT2D eigenvalue weighted by atomic mass is 79.9. The highest BCUT2D eigenvalue weighted by Crippen LogP contribution is 2.24. The molecule has 1 aromatic carbocycles. The average Bonchev–Trinajstić information content (AvgIpc) is 2.53. The molecule has 1 aromatic rings. The van der Waals surface area contributed by atoms with E-state index in [0.717, 1.165) is 6.54 Å². The van der Waals surface area contributed by atoms with Crippen LogP contribution in [0, 0.1) is 0 Å². The second kappa shape index (κ2) is 7.91. The van der Waals surface area contributed by atoms with Gasteiger partial charge in [-0.3, -0.25) is 0 Å². The average molecular weight is 366 g/mol. The van der Waals surface area contributed by atoms with Gasteiger partial charge in [0, 0.05) is 36.7 Å². The second-order valence-corrected chi connectivity index (χ2v) is 7.72. The number of nitrogens with one attached hydrogen (secondary N) is 1. The number of piperazine rings is 1. The van der Waals surface area contributed by atoms with Crippen LogP contribution in [-0.4, -0.2) is 62.2 Å². The maximum atomic E-state index is 3.78. The molecule has 1 N–H and O–H groups in total. The first-order chi connectivity index (χ1) is 10.7. The Kier molecular flexibility index (Phi) is 5.91. The van der Waals surface area contributed by atoms with Crippen molar-refractivity contribution in [1.29, 1.82) is 0 Å². The molecular formula is C18H28BrN3. The van der Waals surface area contributed by atoms with Crippen molar-refractivity contribution in [2.24, 2.45) is 0 Å². The summed E-state index contributed by atoms with van der Waals surface area (Å²) in [5.41, 5.74) is 3.07. The monoisotopic (exact) mass is 365 g/mol. The molecule has 2 aliphatic rings. The minimum absolute atomic E-state index is 0.668. The summed E-state index contributed by atoms with van der Waals surface area (Å²) in [5, 5.41) is 3.78. The lowest BCUT2D eigenvalue weighted by molar-refractivity contribution is 0.152. The molecule has 0 amide bonds. The first kappa shape index (κ1) is 16.4. The Morgan fingerprint density at radius 3 is 2.82 bits per heavy atom. The SMILES string of the molecule is CN1CCN(CCCN[C@@H]2CCc3cc(Br)ccc3C2)CC1. The molecule has 122 valence electrons. The zero-order valence-electron chi connectivity index (χ0n) is 13.7. The van der Waals surface area contributed by atoms with Crippen molar-refractivity contribution in [2.75, 3.05) is 46.3 Å². The van der Waals surface area contributed by atoms with Crippen LogP contribution in [0.3, 0.4) is 0 Å². The van der Waals surface area contributed by atoms with Crippen molar-refractivity contribution in [3.63, 3.8) is 0 Å². The van der Waals surface area contributed by atoms with Gasteiger partial charge in [0.1, 0.15) is 0 Å². The minimum Gasteiger partial charge on any atom is -0.314 e.